The summed E-state index contributed by atoms with van der Waals surface area (Å²) in [6.07, 6.45) is 6.05. The van der Waals surface area contributed by atoms with Gasteiger partial charge in [0.1, 0.15) is 0 Å². The average molecular weight is 190 g/mol. The summed E-state index contributed by atoms with van der Waals surface area (Å²) in [7, 11) is 0. The molecule has 0 unspecified atom stereocenters. The molecule has 0 aromatic heterocycles. The quantitative estimate of drug-likeness (QED) is 0.777. The molecule has 2 rings (SSSR count). The third-order valence-corrected chi connectivity index (χ3v) is 3.54. The van der Waals surface area contributed by atoms with E-state index in [0.717, 1.165) is 6.42 Å². The van der Waals surface area contributed by atoms with E-state index in [4.69, 9.17) is 5.11 Å². The van der Waals surface area contributed by atoms with E-state index in [0.29, 0.717) is 6.61 Å². The number of hydrogen-bond donors (Lipinski definition) is 1. The zero-order valence-electron chi connectivity index (χ0n) is 8.58. The lowest BCUT2D eigenvalue weighted by molar-refractivity contribution is 0.237. The fourth-order valence-electron chi connectivity index (χ4n) is 2.74. The van der Waals surface area contributed by atoms with Gasteiger partial charge in [-0.2, -0.15) is 0 Å². The molecule has 1 aromatic rings. The van der Waals surface area contributed by atoms with Gasteiger partial charge >= 0.3 is 0 Å². The summed E-state index contributed by atoms with van der Waals surface area (Å²) in [6, 6.07) is 10.7. The zero-order chi connectivity index (χ0) is 9.86. The maximum absolute atomic E-state index is 9.15. The van der Waals surface area contributed by atoms with Crippen LogP contribution >= 0.6 is 0 Å². The van der Waals surface area contributed by atoms with Gasteiger partial charge in [-0.25, -0.2) is 0 Å². The topological polar surface area (TPSA) is 20.2 Å². The third kappa shape index (κ3) is 1.69. The molecule has 14 heavy (non-hydrogen) atoms. The van der Waals surface area contributed by atoms with Gasteiger partial charge in [0.15, 0.2) is 0 Å². The molecule has 1 aliphatic carbocycles. The fourth-order valence-corrected chi connectivity index (χ4v) is 2.74. The van der Waals surface area contributed by atoms with E-state index < -0.39 is 0 Å². The van der Waals surface area contributed by atoms with Crippen LogP contribution in [0.15, 0.2) is 30.3 Å². The van der Waals surface area contributed by atoms with Crippen molar-refractivity contribution < 1.29 is 5.11 Å². The highest BCUT2D eigenvalue weighted by atomic mass is 16.3. The highest BCUT2D eigenvalue weighted by Crippen LogP contribution is 2.43. The molecular weight excluding hydrogens is 172 g/mol. The molecule has 1 N–H and O–H groups in total. The van der Waals surface area contributed by atoms with Crippen LogP contribution in [0.5, 0.6) is 0 Å². The van der Waals surface area contributed by atoms with E-state index in [2.05, 4.69) is 30.3 Å². The number of rotatable bonds is 3. The molecule has 1 saturated carbocycles. The lowest BCUT2D eigenvalue weighted by Crippen LogP contribution is -2.23. The highest BCUT2D eigenvalue weighted by molar-refractivity contribution is 5.26. The van der Waals surface area contributed by atoms with Crippen LogP contribution in [0.2, 0.25) is 0 Å². The normalized spacial score (nSPS) is 19.8. The van der Waals surface area contributed by atoms with Crippen molar-refractivity contribution in [2.75, 3.05) is 6.61 Å². The van der Waals surface area contributed by atoms with Gasteiger partial charge < -0.3 is 5.11 Å². The molecule has 0 spiro atoms. The molecule has 1 nitrogen and oxygen atoms in total. The number of benzene rings is 1. The van der Waals surface area contributed by atoms with Crippen molar-refractivity contribution in [3.05, 3.63) is 35.9 Å². The van der Waals surface area contributed by atoms with E-state index in [-0.39, 0.29) is 5.41 Å². The first-order valence-electron chi connectivity index (χ1n) is 5.54. The van der Waals surface area contributed by atoms with Gasteiger partial charge in [-0.3, -0.25) is 0 Å². The van der Waals surface area contributed by atoms with Crippen molar-refractivity contribution in [2.45, 2.75) is 37.5 Å². The van der Waals surface area contributed by atoms with Crippen molar-refractivity contribution >= 4 is 0 Å². The van der Waals surface area contributed by atoms with Crippen molar-refractivity contribution in [1.29, 1.82) is 0 Å². The Morgan fingerprint density at radius 3 is 2.29 bits per heavy atom. The lowest BCUT2D eigenvalue weighted by Gasteiger charge is -2.28. The Kier molecular flexibility index (Phi) is 2.87. The van der Waals surface area contributed by atoms with Crippen LogP contribution in [0.4, 0.5) is 0 Å². The lowest BCUT2D eigenvalue weighted by atomic mass is 9.76. The van der Waals surface area contributed by atoms with Crippen molar-refractivity contribution in [2.24, 2.45) is 0 Å². The summed E-state index contributed by atoms with van der Waals surface area (Å²) in [6.45, 7) is 0.314. The van der Waals surface area contributed by atoms with Gasteiger partial charge in [-0.1, -0.05) is 43.2 Å². The van der Waals surface area contributed by atoms with Crippen LogP contribution in [0.3, 0.4) is 0 Å². The maximum atomic E-state index is 9.15. The molecule has 0 amide bonds. The van der Waals surface area contributed by atoms with Crippen LogP contribution in [-0.4, -0.2) is 11.7 Å². The minimum Gasteiger partial charge on any atom is -0.396 e. The van der Waals surface area contributed by atoms with Gasteiger partial charge in [0, 0.05) is 6.61 Å². The van der Waals surface area contributed by atoms with Crippen LogP contribution in [0, 0.1) is 0 Å². The number of aliphatic hydroxyl groups is 1. The van der Waals surface area contributed by atoms with Crippen molar-refractivity contribution in [1.82, 2.24) is 0 Å². The second-order valence-electron chi connectivity index (χ2n) is 4.33. The maximum Gasteiger partial charge on any atom is 0.0439 e. The first-order valence-corrected chi connectivity index (χ1v) is 5.54. The Bertz CT molecular complexity index is 273. The molecule has 0 aliphatic heterocycles. The van der Waals surface area contributed by atoms with Crippen molar-refractivity contribution in [3.63, 3.8) is 0 Å². The Morgan fingerprint density at radius 1 is 1.07 bits per heavy atom. The third-order valence-electron chi connectivity index (χ3n) is 3.54. The van der Waals surface area contributed by atoms with Gasteiger partial charge in [0.25, 0.3) is 0 Å². The second-order valence-corrected chi connectivity index (χ2v) is 4.33. The molecule has 0 heterocycles. The standard InChI is InChI=1S/C13H18O/c14-11-10-13(8-4-5-9-13)12-6-2-1-3-7-12/h1-3,6-7,14H,4-5,8-11H2. The van der Waals surface area contributed by atoms with Crippen LogP contribution in [0.25, 0.3) is 0 Å². The summed E-state index contributed by atoms with van der Waals surface area (Å²) >= 11 is 0. The largest absolute Gasteiger partial charge is 0.396 e. The molecule has 0 atom stereocenters. The van der Waals surface area contributed by atoms with Gasteiger partial charge in [-0.15, -0.1) is 0 Å². The smallest absolute Gasteiger partial charge is 0.0439 e. The first-order chi connectivity index (χ1) is 6.87. The number of aliphatic hydroxyl groups excluding tert-OH is 1. The summed E-state index contributed by atoms with van der Waals surface area (Å²) in [5.74, 6) is 0. The zero-order valence-corrected chi connectivity index (χ0v) is 8.58. The SMILES string of the molecule is OCCC1(c2ccccc2)CCCC1. The Hall–Kier alpha value is -0.820. The van der Waals surface area contributed by atoms with Crippen molar-refractivity contribution in [3.8, 4) is 0 Å². The monoisotopic (exact) mass is 190 g/mol. The van der Waals surface area contributed by atoms with Crippen LogP contribution in [0.1, 0.15) is 37.7 Å². The second kappa shape index (κ2) is 4.14. The Labute approximate surface area is 85.8 Å². The summed E-state index contributed by atoms with van der Waals surface area (Å²) in [5.41, 5.74) is 1.71. The Balaban J connectivity index is 2.27. The molecule has 1 fully saturated rings. The molecule has 76 valence electrons. The molecule has 0 bridgehead atoms. The molecule has 1 aliphatic rings. The molecular formula is C13H18O. The molecule has 1 aromatic carbocycles. The summed E-state index contributed by atoms with van der Waals surface area (Å²) < 4.78 is 0. The number of hydrogen-bond acceptors (Lipinski definition) is 1. The predicted molar refractivity (Wildman–Crippen MR) is 58.3 cm³/mol. The average Bonchev–Trinajstić information content (AvgIpc) is 2.70. The van der Waals surface area contributed by atoms with E-state index in [1.165, 1.54) is 31.2 Å². The van der Waals surface area contributed by atoms with Crippen LogP contribution < -0.4 is 0 Å². The molecule has 0 radical (unpaired) electrons. The van der Waals surface area contributed by atoms with E-state index in [1.807, 2.05) is 0 Å². The predicted octanol–water partition coefficient (Wildman–Crippen LogP) is 2.88. The fraction of sp³-hybridized carbons (Fsp3) is 0.538. The molecule has 1 heteroatoms. The Morgan fingerprint density at radius 2 is 1.71 bits per heavy atom. The van der Waals surface area contributed by atoms with Gasteiger partial charge in [0.05, 0.1) is 0 Å². The molecule has 0 saturated heterocycles. The summed E-state index contributed by atoms with van der Waals surface area (Å²) in [5, 5.41) is 9.15. The van der Waals surface area contributed by atoms with E-state index >= 15 is 0 Å². The minimum absolute atomic E-state index is 0.288. The summed E-state index contributed by atoms with van der Waals surface area (Å²) in [4.78, 5) is 0. The van der Waals surface area contributed by atoms with E-state index in [1.54, 1.807) is 0 Å². The highest BCUT2D eigenvalue weighted by Gasteiger charge is 2.34. The van der Waals surface area contributed by atoms with Gasteiger partial charge in [-0.05, 0) is 30.2 Å². The van der Waals surface area contributed by atoms with E-state index in [9.17, 15) is 0 Å². The van der Waals surface area contributed by atoms with Gasteiger partial charge in [0.2, 0.25) is 0 Å². The minimum atomic E-state index is 0.288. The first kappa shape index (κ1) is 9.72. The van der Waals surface area contributed by atoms with Crippen LogP contribution in [-0.2, 0) is 5.41 Å².